The maximum atomic E-state index is 13.0. The largest absolute Gasteiger partial charge is 0.494 e. The molecule has 1 amide bonds. The molecule has 204 valence electrons. The lowest BCUT2D eigenvalue weighted by atomic mass is 9.87. The van der Waals surface area contributed by atoms with Gasteiger partial charge in [0.2, 0.25) is 5.91 Å². The van der Waals surface area contributed by atoms with Crippen molar-refractivity contribution in [3.63, 3.8) is 0 Å². The third-order valence-electron chi connectivity index (χ3n) is 6.76. The van der Waals surface area contributed by atoms with E-state index in [4.69, 9.17) is 4.74 Å². The van der Waals surface area contributed by atoms with Crippen molar-refractivity contribution in [3.05, 3.63) is 83.9 Å². The van der Waals surface area contributed by atoms with Gasteiger partial charge in [0, 0.05) is 16.9 Å². The molecule has 1 aromatic heterocycles. The minimum absolute atomic E-state index is 0.0588. The number of carbonyl (C=O) groups excluding carboxylic acids is 1. The highest BCUT2D eigenvalue weighted by molar-refractivity contribution is 7.99. The van der Waals surface area contributed by atoms with E-state index in [9.17, 15) is 4.79 Å². The molecule has 0 fully saturated rings. The van der Waals surface area contributed by atoms with E-state index in [1.165, 1.54) is 17.3 Å². The summed E-state index contributed by atoms with van der Waals surface area (Å²) in [5.41, 5.74) is 5.19. The van der Waals surface area contributed by atoms with Crippen LogP contribution in [0.3, 0.4) is 0 Å². The number of anilines is 1. The Kier molecular flexibility index (Phi) is 9.12. The van der Waals surface area contributed by atoms with E-state index in [0.717, 1.165) is 40.5 Å². The molecule has 0 spiro atoms. The summed E-state index contributed by atoms with van der Waals surface area (Å²) in [6.45, 7) is 13.5. The fraction of sp³-hybridized carbons (Fsp3) is 0.344. The summed E-state index contributed by atoms with van der Waals surface area (Å²) < 4.78 is 7.65. The summed E-state index contributed by atoms with van der Waals surface area (Å²) in [4.78, 5) is 13.0. The first kappa shape index (κ1) is 28.4. The van der Waals surface area contributed by atoms with Crippen molar-refractivity contribution in [2.45, 2.75) is 64.5 Å². The van der Waals surface area contributed by atoms with E-state index in [0.29, 0.717) is 17.7 Å². The van der Waals surface area contributed by atoms with Crippen molar-refractivity contribution >= 4 is 23.4 Å². The number of hydrogen-bond acceptors (Lipinski definition) is 5. The topological polar surface area (TPSA) is 69.0 Å². The number of amides is 1. The Balaban J connectivity index is 1.61. The molecule has 0 bridgehead atoms. The number of hydrogen-bond donors (Lipinski definition) is 1. The highest BCUT2D eigenvalue weighted by Gasteiger charge is 2.20. The van der Waals surface area contributed by atoms with Crippen LogP contribution in [0, 0.1) is 0 Å². The lowest BCUT2D eigenvalue weighted by molar-refractivity contribution is -0.113. The van der Waals surface area contributed by atoms with E-state index >= 15 is 0 Å². The third kappa shape index (κ3) is 6.90. The number of rotatable bonds is 10. The SMILES string of the molecule is CCOc1ccc(-n2c(SCC(=O)Nc3ccccc3C(C)CC)nnc2-c2ccc(C(C)(C)C)cc2)cc1. The van der Waals surface area contributed by atoms with E-state index < -0.39 is 0 Å². The maximum absolute atomic E-state index is 13.0. The van der Waals surface area contributed by atoms with E-state index in [1.54, 1.807) is 0 Å². The Bertz CT molecular complexity index is 1390. The van der Waals surface area contributed by atoms with Crippen LogP contribution in [0.15, 0.2) is 78.0 Å². The van der Waals surface area contributed by atoms with Gasteiger partial charge in [0.05, 0.1) is 12.4 Å². The molecule has 0 aliphatic carbocycles. The summed E-state index contributed by atoms with van der Waals surface area (Å²) in [6.07, 6.45) is 1.01. The fourth-order valence-corrected chi connectivity index (χ4v) is 5.09. The number of ether oxygens (including phenoxy) is 1. The van der Waals surface area contributed by atoms with Crippen molar-refractivity contribution in [2.24, 2.45) is 0 Å². The van der Waals surface area contributed by atoms with Gasteiger partial charge in [-0.2, -0.15) is 0 Å². The molecular weight excluding hydrogens is 504 g/mol. The van der Waals surface area contributed by atoms with Gasteiger partial charge in [-0.3, -0.25) is 9.36 Å². The van der Waals surface area contributed by atoms with Crippen LogP contribution in [0.2, 0.25) is 0 Å². The van der Waals surface area contributed by atoms with Crippen LogP contribution in [-0.4, -0.2) is 33.0 Å². The van der Waals surface area contributed by atoms with Gasteiger partial charge in [-0.25, -0.2) is 0 Å². The highest BCUT2D eigenvalue weighted by atomic mass is 32.2. The van der Waals surface area contributed by atoms with Gasteiger partial charge in [-0.05, 0) is 66.1 Å². The Morgan fingerprint density at radius 2 is 1.67 bits per heavy atom. The predicted octanol–water partition coefficient (Wildman–Crippen LogP) is 7.87. The molecule has 7 heteroatoms. The number of benzene rings is 3. The van der Waals surface area contributed by atoms with Gasteiger partial charge in [-0.1, -0.05) is 88.8 Å². The van der Waals surface area contributed by atoms with Crippen molar-refractivity contribution in [3.8, 4) is 22.8 Å². The lowest BCUT2D eigenvalue weighted by Crippen LogP contribution is -2.16. The predicted molar refractivity (Wildman–Crippen MR) is 161 cm³/mol. The van der Waals surface area contributed by atoms with E-state index in [-0.39, 0.29) is 17.1 Å². The Morgan fingerprint density at radius 1 is 0.974 bits per heavy atom. The quantitative estimate of drug-likeness (QED) is 0.207. The number of nitrogens with zero attached hydrogens (tertiary/aromatic N) is 3. The van der Waals surface area contributed by atoms with Gasteiger partial charge in [0.25, 0.3) is 0 Å². The molecule has 4 aromatic rings. The fourth-order valence-electron chi connectivity index (χ4n) is 4.34. The molecule has 1 unspecified atom stereocenters. The normalized spacial score (nSPS) is 12.3. The molecule has 3 aromatic carbocycles. The monoisotopic (exact) mass is 542 g/mol. The summed E-state index contributed by atoms with van der Waals surface area (Å²) in [5.74, 6) is 2.04. The summed E-state index contributed by atoms with van der Waals surface area (Å²) in [6, 6.07) is 24.3. The van der Waals surface area contributed by atoms with Crippen molar-refractivity contribution in [2.75, 3.05) is 17.7 Å². The molecule has 0 aliphatic heterocycles. The molecule has 0 saturated heterocycles. The molecule has 4 rings (SSSR count). The van der Waals surface area contributed by atoms with Crippen LogP contribution in [-0.2, 0) is 10.2 Å². The summed E-state index contributed by atoms with van der Waals surface area (Å²) >= 11 is 1.37. The molecule has 39 heavy (non-hydrogen) atoms. The van der Waals surface area contributed by atoms with Gasteiger partial charge in [0.15, 0.2) is 11.0 Å². The van der Waals surface area contributed by atoms with Gasteiger partial charge in [0.1, 0.15) is 5.75 Å². The minimum atomic E-state index is -0.0759. The Labute approximate surface area is 236 Å². The first-order valence-electron chi connectivity index (χ1n) is 13.5. The smallest absolute Gasteiger partial charge is 0.234 e. The summed E-state index contributed by atoms with van der Waals surface area (Å²) in [7, 11) is 0. The zero-order valence-electron chi connectivity index (χ0n) is 23.7. The van der Waals surface area contributed by atoms with Crippen LogP contribution in [0.25, 0.3) is 17.1 Å². The number of aromatic nitrogens is 3. The van der Waals surface area contributed by atoms with Crippen LogP contribution >= 0.6 is 11.8 Å². The Hall–Kier alpha value is -3.58. The van der Waals surface area contributed by atoms with Crippen LogP contribution < -0.4 is 10.1 Å². The number of thioether (sulfide) groups is 1. The average molecular weight is 543 g/mol. The molecular formula is C32H38N4O2S. The molecule has 1 heterocycles. The second-order valence-electron chi connectivity index (χ2n) is 10.6. The van der Waals surface area contributed by atoms with Crippen molar-refractivity contribution in [1.29, 1.82) is 0 Å². The number of para-hydroxylation sites is 1. The van der Waals surface area contributed by atoms with Crippen molar-refractivity contribution in [1.82, 2.24) is 14.8 Å². The van der Waals surface area contributed by atoms with Crippen molar-refractivity contribution < 1.29 is 9.53 Å². The van der Waals surface area contributed by atoms with Gasteiger partial charge in [-0.15, -0.1) is 10.2 Å². The summed E-state index contributed by atoms with van der Waals surface area (Å²) in [5, 5.41) is 12.8. The molecule has 0 radical (unpaired) electrons. The van der Waals surface area contributed by atoms with E-state index in [2.05, 4.69) is 80.5 Å². The molecule has 6 nitrogen and oxygen atoms in total. The highest BCUT2D eigenvalue weighted by Crippen LogP contribution is 2.31. The zero-order valence-corrected chi connectivity index (χ0v) is 24.5. The molecule has 1 atom stereocenters. The first-order chi connectivity index (χ1) is 18.7. The number of carbonyl (C=O) groups is 1. The lowest BCUT2D eigenvalue weighted by Gasteiger charge is -2.19. The van der Waals surface area contributed by atoms with Crippen LogP contribution in [0.1, 0.15) is 65.0 Å². The van der Waals surface area contributed by atoms with Gasteiger partial charge < -0.3 is 10.1 Å². The Morgan fingerprint density at radius 3 is 2.31 bits per heavy atom. The second-order valence-corrected chi connectivity index (χ2v) is 11.6. The maximum Gasteiger partial charge on any atom is 0.234 e. The number of nitrogens with one attached hydrogen (secondary N) is 1. The molecule has 0 saturated carbocycles. The van der Waals surface area contributed by atoms with Gasteiger partial charge >= 0.3 is 0 Å². The van der Waals surface area contributed by atoms with E-state index in [1.807, 2.05) is 54.0 Å². The second kappa shape index (κ2) is 12.5. The zero-order chi connectivity index (χ0) is 28.0. The average Bonchev–Trinajstić information content (AvgIpc) is 3.36. The van der Waals surface area contributed by atoms with Crippen LogP contribution in [0.5, 0.6) is 5.75 Å². The minimum Gasteiger partial charge on any atom is -0.494 e. The van der Waals surface area contributed by atoms with Crippen LogP contribution in [0.4, 0.5) is 5.69 Å². The molecule has 0 aliphatic rings. The third-order valence-corrected chi connectivity index (χ3v) is 7.69. The molecule has 1 N–H and O–H groups in total. The standard InChI is InChI=1S/C32H38N4O2S/c1-7-22(3)27-11-9-10-12-28(27)33-29(37)21-39-31-35-34-30(23-13-15-24(16-14-23)32(4,5)6)36(31)25-17-19-26(20-18-25)38-8-2/h9-20,22H,7-8,21H2,1-6H3,(H,33,37). The first-order valence-corrected chi connectivity index (χ1v) is 14.5.